The van der Waals surface area contributed by atoms with Crippen LogP contribution in [0, 0.1) is 11.3 Å². The Balaban J connectivity index is 2.42. The molecule has 1 rings (SSSR count). The third kappa shape index (κ3) is 5.63. The van der Waals surface area contributed by atoms with Gasteiger partial charge >= 0.3 is 0 Å². The standard InChI is InChI=1S/C16H28N2OS/c1-12(13-8-10-20-11-13)18-15(19)6-5-14(7-9-17)16(2,3)4/h8,10-12,14H,5-7,9,17H2,1-4H3,(H,18,19). The SMILES string of the molecule is CC(NC(=O)CCC(CCN)C(C)(C)C)c1ccsc1. The summed E-state index contributed by atoms with van der Waals surface area (Å²) >= 11 is 1.66. The van der Waals surface area contributed by atoms with E-state index in [-0.39, 0.29) is 17.4 Å². The second-order valence-corrected chi connectivity index (χ2v) is 7.30. The van der Waals surface area contributed by atoms with Crippen molar-refractivity contribution < 1.29 is 4.79 Å². The smallest absolute Gasteiger partial charge is 0.220 e. The minimum absolute atomic E-state index is 0.0938. The molecule has 0 aliphatic heterocycles. The molecular weight excluding hydrogens is 268 g/mol. The summed E-state index contributed by atoms with van der Waals surface area (Å²) in [6.07, 6.45) is 2.47. The Morgan fingerprint density at radius 2 is 2.10 bits per heavy atom. The van der Waals surface area contributed by atoms with Crippen molar-refractivity contribution in [2.24, 2.45) is 17.1 Å². The molecule has 0 fully saturated rings. The summed E-state index contributed by atoms with van der Waals surface area (Å²) < 4.78 is 0. The Morgan fingerprint density at radius 3 is 2.60 bits per heavy atom. The number of hydrogen-bond acceptors (Lipinski definition) is 3. The molecule has 0 bridgehead atoms. The van der Waals surface area contributed by atoms with Gasteiger partial charge in [-0.2, -0.15) is 11.3 Å². The molecule has 1 aromatic heterocycles. The van der Waals surface area contributed by atoms with E-state index in [9.17, 15) is 4.79 Å². The van der Waals surface area contributed by atoms with Crippen LogP contribution in [0.3, 0.4) is 0 Å². The van der Waals surface area contributed by atoms with Gasteiger partial charge in [0.25, 0.3) is 0 Å². The number of rotatable bonds is 7. The lowest BCUT2D eigenvalue weighted by atomic mass is 9.76. The molecule has 114 valence electrons. The Hall–Kier alpha value is -0.870. The van der Waals surface area contributed by atoms with Crippen LogP contribution in [0.2, 0.25) is 0 Å². The van der Waals surface area contributed by atoms with E-state index in [4.69, 9.17) is 5.73 Å². The second kappa shape index (κ2) is 7.79. The van der Waals surface area contributed by atoms with Gasteiger partial charge in [-0.3, -0.25) is 4.79 Å². The van der Waals surface area contributed by atoms with Crippen molar-refractivity contribution in [2.45, 2.75) is 53.0 Å². The lowest BCUT2D eigenvalue weighted by molar-refractivity contribution is -0.122. The van der Waals surface area contributed by atoms with Crippen molar-refractivity contribution in [3.63, 3.8) is 0 Å². The third-order valence-corrected chi connectivity index (χ3v) is 4.58. The highest BCUT2D eigenvalue weighted by Crippen LogP contribution is 2.32. The molecule has 3 N–H and O–H groups in total. The van der Waals surface area contributed by atoms with Gasteiger partial charge in [0.15, 0.2) is 0 Å². The zero-order chi connectivity index (χ0) is 15.2. The largest absolute Gasteiger partial charge is 0.350 e. The van der Waals surface area contributed by atoms with Gasteiger partial charge in [0.2, 0.25) is 5.91 Å². The van der Waals surface area contributed by atoms with Crippen LogP contribution in [0.4, 0.5) is 0 Å². The van der Waals surface area contributed by atoms with Crippen molar-refractivity contribution in [3.8, 4) is 0 Å². The molecule has 2 atom stereocenters. The molecule has 1 aromatic rings. The van der Waals surface area contributed by atoms with Crippen molar-refractivity contribution in [3.05, 3.63) is 22.4 Å². The van der Waals surface area contributed by atoms with Crippen LogP contribution in [0.15, 0.2) is 16.8 Å². The molecule has 3 nitrogen and oxygen atoms in total. The molecule has 0 aliphatic rings. The Bertz CT molecular complexity index is 395. The molecule has 1 amide bonds. The van der Waals surface area contributed by atoms with Crippen LogP contribution in [0.5, 0.6) is 0 Å². The summed E-state index contributed by atoms with van der Waals surface area (Å²) in [6.45, 7) is 9.38. The quantitative estimate of drug-likeness (QED) is 0.805. The summed E-state index contributed by atoms with van der Waals surface area (Å²) in [5, 5.41) is 7.18. The molecule has 0 aliphatic carbocycles. The number of thiophene rings is 1. The first-order chi connectivity index (χ1) is 9.34. The maximum atomic E-state index is 12.0. The third-order valence-electron chi connectivity index (χ3n) is 3.88. The van der Waals surface area contributed by atoms with Crippen molar-refractivity contribution in [1.29, 1.82) is 0 Å². The highest BCUT2D eigenvalue weighted by molar-refractivity contribution is 7.07. The van der Waals surface area contributed by atoms with Crippen LogP contribution in [0.25, 0.3) is 0 Å². The molecule has 0 radical (unpaired) electrons. The summed E-state index contributed by atoms with van der Waals surface area (Å²) in [7, 11) is 0. The van der Waals surface area contributed by atoms with E-state index in [0.717, 1.165) is 12.8 Å². The average molecular weight is 296 g/mol. The van der Waals surface area contributed by atoms with E-state index in [1.54, 1.807) is 11.3 Å². The van der Waals surface area contributed by atoms with E-state index in [2.05, 4.69) is 37.5 Å². The van der Waals surface area contributed by atoms with E-state index < -0.39 is 0 Å². The number of hydrogen-bond donors (Lipinski definition) is 2. The fraction of sp³-hybridized carbons (Fsp3) is 0.688. The molecule has 4 heteroatoms. The minimum atomic E-state index is 0.0938. The number of nitrogens with two attached hydrogens (primary N) is 1. The lowest BCUT2D eigenvalue weighted by Gasteiger charge is -2.30. The Morgan fingerprint density at radius 1 is 1.40 bits per heavy atom. The fourth-order valence-corrected chi connectivity index (χ4v) is 3.19. The van der Waals surface area contributed by atoms with Gasteiger partial charge < -0.3 is 11.1 Å². The average Bonchev–Trinajstić information content (AvgIpc) is 2.86. The highest BCUT2D eigenvalue weighted by atomic mass is 32.1. The summed E-state index contributed by atoms with van der Waals surface area (Å²) in [4.78, 5) is 12.0. The molecule has 20 heavy (non-hydrogen) atoms. The van der Waals surface area contributed by atoms with Gasteiger partial charge in [0.05, 0.1) is 6.04 Å². The van der Waals surface area contributed by atoms with E-state index >= 15 is 0 Å². The maximum Gasteiger partial charge on any atom is 0.220 e. The van der Waals surface area contributed by atoms with Gasteiger partial charge in [-0.05, 0) is 60.0 Å². The second-order valence-electron chi connectivity index (χ2n) is 6.52. The van der Waals surface area contributed by atoms with Crippen LogP contribution in [0.1, 0.15) is 58.6 Å². The first kappa shape index (κ1) is 17.2. The maximum absolute atomic E-state index is 12.0. The molecule has 1 heterocycles. The van der Waals surface area contributed by atoms with Gasteiger partial charge in [-0.25, -0.2) is 0 Å². The zero-order valence-corrected chi connectivity index (χ0v) is 13.9. The zero-order valence-electron chi connectivity index (χ0n) is 13.1. The predicted octanol–water partition coefficient (Wildman–Crippen LogP) is 3.72. The van der Waals surface area contributed by atoms with Crippen molar-refractivity contribution in [1.82, 2.24) is 5.32 Å². The van der Waals surface area contributed by atoms with Crippen LogP contribution in [-0.2, 0) is 4.79 Å². The normalized spacial score (nSPS) is 14.8. The van der Waals surface area contributed by atoms with Crippen LogP contribution in [-0.4, -0.2) is 12.5 Å². The summed E-state index contributed by atoms with van der Waals surface area (Å²) in [5.74, 6) is 0.629. The fourth-order valence-electron chi connectivity index (χ4n) is 2.44. The lowest BCUT2D eigenvalue weighted by Crippen LogP contribution is -2.29. The topological polar surface area (TPSA) is 55.1 Å². The first-order valence-corrected chi connectivity index (χ1v) is 8.30. The van der Waals surface area contributed by atoms with E-state index in [1.807, 2.05) is 12.3 Å². The molecule has 0 saturated heterocycles. The van der Waals surface area contributed by atoms with Gasteiger partial charge in [-0.15, -0.1) is 0 Å². The molecular formula is C16H28N2OS. The first-order valence-electron chi connectivity index (χ1n) is 7.36. The van der Waals surface area contributed by atoms with Crippen molar-refractivity contribution >= 4 is 17.2 Å². The van der Waals surface area contributed by atoms with Crippen molar-refractivity contribution in [2.75, 3.05) is 6.54 Å². The number of nitrogens with one attached hydrogen (secondary N) is 1. The van der Waals surface area contributed by atoms with E-state index in [0.29, 0.717) is 18.9 Å². The van der Waals surface area contributed by atoms with E-state index in [1.165, 1.54) is 5.56 Å². The highest BCUT2D eigenvalue weighted by Gasteiger charge is 2.24. The molecule has 2 unspecified atom stereocenters. The van der Waals surface area contributed by atoms with Gasteiger partial charge in [0.1, 0.15) is 0 Å². The predicted molar refractivity (Wildman–Crippen MR) is 86.7 cm³/mol. The minimum Gasteiger partial charge on any atom is -0.350 e. The van der Waals surface area contributed by atoms with Gasteiger partial charge in [0, 0.05) is 6.42 Å². The molecule has 0 saturated carbocycles. The Labute approximate surface area is 127 Å². The molecule has 0 spiro atoms. The van der Waals surface area contributed by atoms with Crippen LogP contribution >= 0.6 is 11.3 Å². The number of amides is 1. The summed E-state index contributed by atoms with van der Waals surface area (Å²) in [6, 6.07) is 2.15. The summed E-state index contributed by atoms with van der Waals surface area (Å²) in [5.41, 5.74) is 7.06. The van der Waals surface area contributed by atoms with Gasteiger partial charge in [-0.1, -0.05) is 20.8 Å². The Kier molecular flexibility index (Phi) is 6.69. The number of carbonyl (C=O) groups is 1. The van der Waals surface area contributed by atoms with Crippen LogP contribution < -0.4 is 11.1 Å². The molecule has 0 aromatic carbocycles. The monoisotopic (exact) mass is 296 g/mol. The number of carbonyl (C=O) groups excluding carboxylic acids is 1.